The monoisotopic (exact) mass is 474 g/mol. The second-order valence-electron chi connectivity index (χ2n) is 9.03. The Hall–Kier alpha value is -4.14. The minimum absolute atomic E-state index is 0.0723. The number of rotatable bonds is 6. The third-order valence-corrected chi connectivity index (χ3v) is 6.98. The SMILES string of the molecule is Cn1ncc(C(=O)O)c1NC(=O)C1(NC(=O)OCC2c3ccccc3-c3ccccc32)CCCC1. The number of aromatic carboxylic acids is 1. The molecule has 3 aromatic rings. The number of anilines is 1. The molecule has 0 saturated heterocycles. The summed E-state index contributed by atoms with van der Waals surface area (Å²) in [5.41, 5.74) is 3.18. The third kappa shape index (κ3) is 4.03. The van der Waals surface area contributed by atoms with Gasteiger partial charge in [0.05, 0.1) is 6.20 Å². The van der Waals surface area contributed by atoms with Gasteiger partial charge in [-0.2, -0.15) is 5.10 Å². The lowest BCUT2D eigenvalue weighted by Gasteiger charge is -2.29. The highest BCUT2D eigenvalue weighted by Crippen LogP contribution is 2.44. The molecule has 0 spiro atoms. The number of fused-ring (bicyclic) bond motifs is 3. The minimum atomic E-state index is -1.20. The highest BCUT2D eigenvalue weighted by Gasteiger charge is 2.44. The Morgan fingerprint density at radius 1 is 1.06 bits per heavy atom. The number of ether oxygens (including phenoxy) is 1. The molecule has 1 saturated carbocycles. The third-order valence-electron chi connectivity index (χ3n) is 6.98. The van der Waals surface area contributed by atoms with Crippen LogP contribution in [0.25, 0.3) is 11.1 Å². The fourth-order valence-electron chi connectivity index (χ4n) is 5.19. The van der Waals surface area contributed by atoms with Gasteiger partial charge >= 0.3 is 12.1 Å². The van der Waals surface area contributed by atoms with Gasteiger partial charge in [-0.25, -0.2) is 9.59 Å². The molecule has 0 aliphatic heterocycles. The van der Waals surface area contributed by atoms with Crippen LogP contribution in [-0.4, -0.2) is 45.0 Å². The first-order valence-corrected chi connectivity index (χ1v) is 11.6. The summed E-state index contributed by atoms with van der Waals surface area (Å²) in [7, 11) is 1.54. The van der Waals surface area contributed by atoms with Gasteiger partial charge in [0.15, 0.2) is 0 Å². The van der Waals surface area contributed by atoms with E-state index in [2.05, 4.69) is 27.9 Å². The van der Waals surface area contributed by atoms with Crippen LogP contribution in [0.1, 0.15) is 53.1 Å². The summed E-state index contributed by atoms with van der Waals surface area (Å²) in [5.74, 6) is -1.69. The quantitative estimate of drug-likeness (QED) is 0.498. The van der Waals surface area contributed by atoms with Crippen LogP contribution >= 0.6 is 0 Å². The molecule has 3 N–H and O–H groups in total. The molecule has 0 unspecified atom stereocenters. The predicted molar refractivity (Wildman–Crippen MR) is 128 cm³/mol. The van der Waals surface area contributed by atoms with Crippen LogP contribution in [0.2, 0.25) is 0 Å². The Balaban J connectivity index is 1.30. The lowest BCUT2D eigenvalue weighted by atomic mass is 9.96. The van der Waals surface area contributed by atoms with E-state index in [1.54, 1.807) is 7.05 Å². The van der Waals surface area contributed by atoms with Gasteiger partial charge in [-0.3, -0.25) is 9.48 Å². The Morgan fingerprint density at radius 3 is 2.26 bits per heavy atom. The summed E-state index contributed by atoms with van der Waals surface area (Å²) in [5, 5.41) is 18.8. The molecule has 2 amide bonds. The number of alkyl carbamates (subject to hydrolysis) is 1. The molecule has 0 atom stereocenters. The highest BCUT2D eigenvalue weighted by molar-refractivity contribution is 6.04. The molecule has 9 nitrogen and oxygen atoms in total. The molecule has 5 rings (SSSR count). The van der Waals surface area contributed by atoms with Gasteiger partial charge in [0, 0.05) is 13.0 Å². The van der Waals surface area contributed by atoms with Crippen LogP contribution < -0.4 is 10.6 Å². The van der Waals surface area contributed by atoms with Crippen LogP contribution in [0.4, 0.5) is 10.6 Å². The second kappa shape index (κ2) is 8.90. The molecular formula is C26H26N4O5. The minimum Gasteiger partial charge on any atom is -0.477 e. The van der Waals surface area contributed by atoms with Gasteiger partial charge in [-0.15, -0.1) is 0 Å². The molecule has 9 heteroatoms. The van der Waals surface area contributed by atoms with Gasteiger partial charge in [0.2, 0.25) is 0 Å². The molecule has 180 valence electrons. The van der Waals surface area contributed by atoms with Crippen molar-refractivity contribution in [2.24, 2.45) is 7.05 Å². The van der Waals surface area contributed by atoms with Crippen molar-refractivity contribution in [2.45, 2.75) is 37.1 Å². The fourth-order valence-corrected chi connectivity index (χ4v) is 5.19. The molecular weight excluding hydrogens is 448 g/mol. The topological polar surface area (TPSA) is 123 Å². The number of aromatic nitrogens is 2. The van der Waals surface area contributed by atoms with E-state index in [0.29, 0.717) is 12.8 Å². The fraction of sp³-hybridized carbons (Fsp3) is 0.308. The van der Waals surface area contributed by atoms with Crippen LogP contribution in [0.15, 0.2) is 54.7 Å². The van der Waals surface area contributed by atoms with Crippen molar-refractivity contribution in [3.05, 3.63) is 71.4 Å². The first kappa shape index (κ1) is 22.6. The maximum atomic E-state index is 13.3. The van der Waals surface area contributed by atoms with Crippen molar-refractivity contribution in [3.63, 3.8) is 0 Å². The first-order chi connectivity index (χ1) is 16.9. The van der Waals surface area contributed by atoms with Crippen molar-refractivity contribution in [1.29, 1.82) is 0 Å². The maximum absolute atomic E-state index is 13.3. The second-order valence-corrected chi connectivity index (χ2v) is 9.03. The van der Waals surface area contributed by atoms with Crippen molar-refractivity contribution < 1.29 is 24.2 Å². The van der Waals surface area contributed by atoms with E-state index in [0.717, 1.165) is 35.1 Å². The molecule has 2 aliphatic carbocycles. The largest absolute Gasteiger partial charge is 0.477 e. The number of amides is 2. The number of hydrogen-bond acceptors (Lipinski definition) is 5. The van der Waals surface area contributed by atoms with Gasteiger partial charge in [0.1, 0.15) is 23.5 Å². The summed E-state index contributed by atoms with van der Waals surface area (Å²) in [6.07, 6.45) is 2.89. The zero-order valence-corrected chi connectivity index (χ0v) is 19.3. The average molecular weight is 475 g/mol. The van der Waals surface area contributed by atoms with Gasteiger partial charge in [-0.1, -0.05) is 61.4 Å². The number of nitrogens with zero attached hydrogens (tertiary/aromatic N) is 2. The lowest BCUT2D eigenvalue weighted by Crippen LogP contribution is -2.55. The number of nitrogens with one attached hydrogen (secondary N) is 2. The van der Waals surface area contributed by atoms with Crippen LogP contribution in [0.5, 0.6) is 0 Å². The average Bonchev–Trinajstić information content (AvgIpc) is 3.55. The molecule has 0 bridgehead atoms. The van der Waals surface area contributed by atoms with E-state index in [-0.39, 0.29) is 23.9 Å². The van der Waals surface area contributed by atoms with Crippen LogP contribution in [-0.2, 0) is 16.6 Å². The normalized spacial score (nSPS) is 15.8. The lowest BCUT2D eigenvalue weighted by molar-refractivity contribution is -0.122. The molecule has 1 fully saturated rings. The van der Waals surface area contributed by atoms with E-state index in [1.807, 2.05) is 36.4 Å². The van der Waals surface area contributed by atoms with Gasteiger partial charge < -0.3 is 20.5 Å². The molecule has 1 aromatic heterocycles. The number of aryl methyl sites for hydroxylation is 1. The van der Waals surface area contributed by atoms with E-state index >= 15 is 0 Å². The summed E-state index contributed by atoms with van der Waals surface area (Å²) in [6.45, 7) is 0.141. The first-order valence-electron chi connectivity index (χ1n) is 11.6. The van der Waals surface area contributed by atoms with Crippen LogP contribution in [0.3, 0.4) is 0 Å². The van der Waals surface area contributed by atoms with Crippen LogP contribution in [0, 0.1) is 0 Å². The number of carboxylic acids is 1. The van der Waals surface area contributed by atoms with E-state index in [9.17, 15) is 19.5 Å². The number of carboxylic acid groups (broad SMARTS) is 1. The zero-order chi connectivity index (χ0) is 24.6. The molecule has 1 heterocycles. The number of carbonyl (C=O) groups is 3. The Bertz CT molecular complexity index is 1260. The van der Waals surface area contributed by atoms with Crippen molar-refractivity contribution in [2.75, 3.05) is 11.9 Å². The summed E-state index contributed by atoms with van der Waals surface area (Å²) >= 11 is 0. The number of benzene rings is 2. The Kier molecular flexibility index (Phi) is 5.76. The van der Waals surface area contributed by atoms with Gasteiger partial charge in [0.25, 0.3) is 5.91 Å². The maximum Gasteiger partial charge on any atom is 0.408 e. The van der Waals surface area contributed by atoms with Crippen molar-refractivity contribution in [3.8, 4) is 11.1 Å². The predicted octanol–water partition coefficient (Wildman–Crippen LogP) is 3.91. The standard InChI is InChI=1S/C26H26N4O5/c1-30-22(20(14-27-30)23(31)32)28-24(33)26(12-6-7-13-26)29-25(34)35-15-21-18-10-4-2-8-16(18)17-9-3-5-11-19(17)21/h2-5,8-11,14,21H,6-7,12-13,15H2,1H3,(H,28,33)(H,29,34)(H,31,32). The van der Waals surface area contributed by atoms with E-state index in [1.165, 1.54) is 10.9 Å². The molecule has 2 aliphatic rings. The number of carbonyl (C=O) groups excluding carboxylic acids is 2. The summed E-state index contributed by atoms with van der Waals surface area (Å²) in [6, 6.07) is 16.1. The number of hydrogen-bond donors (Lipinski definition) is 3. The van der Waals surface area contributed by atoms with Crippen molar-refractivity contribution in [1.82, 2.24) is 15.1 Å². The van der Waals surface area contributed by atoms with Gasteiger partial charge in [-0.05, 0) is 35.1 Å². The smallest absolute Gasteiger partial charge is 0.408 e. The van der Waals surface area contributed by atoms with Crippen molar-refractivity contribution >= 4 is 23.8 Å². The highest BCUT2D eigenvalue weighted by atomic mass is 16.5. The Labute approximate surface area is 202 Å². The van der Waals surface area contributed by atoms with E-state index < -0.39 is 23.5 Å². The summed E-state index contributed by atoms with van der Waals surface area (Å²) < 4.78 is 6.94. The summed E-state index contributed by atoms with van der Waals surface area (Å²) in [4.78, 5) is 37.7. The molecule has 2 aromatic carbocycles. The molecule has 0 radical (unpaired) electrons. The van der Waals surface area contributed by atoms with E-state index in [4.69, 9.17) is 4.74 Å². The zero-order valence-electron chi connectivity index (χ0n) is 19.3. The Morgan fingerprint density at radius 2 is 1.66 bits per heavy atom. The molecule has 35 heavy (non-hydrogen) atoms.